The number of para-hydroxylation sites is 1. The number of halogens is 1. The van der Waals surface area contributed by atoms with Gasteiger partial charge in [0.2, 0.25) is 0 Å². The number of carbonyl (C=O) groups is 1. The maximum absolute atomic E-state index is 12.0. The molecular weight excluding hydrogens is 264 g/mol. The summed E-state index contributed by atoms with van der Waals surface area (Å²) in [5, 5.41) is 21.5. The van der Waals surface area contributed by atoms with E-state index in [0.29, 0.717) is 16.3 Å². The molecule has 94 valence electrons. The van der Waals surface area contributed by atoms with Crippen molar-refractivity contribution in [1.29, 1.82) is 5.26 Å². The van der Waals surface area contributed by atoms with E-state index in [1.54, 1.807) is 18.2 Å². The molecular formula is C14H9ClN2O2. The van der Waals surface area contributed by atoms with Crippen LogP contribution in [0.25, 0.3) is 0 Å². The molecule has 0 saturated carbocycles. The third kappa shape index (κ3) is 2.84. The summed E-state index contributed by atoms with van der Waals surface area (Å²) in [5.41, 5.74) is 0.739. The molecule has 0 aliphatic heterocycles. The van der Waals surface area contributed by atoms with E-state index >= 15 is 0 Å². The number of phenolic OH excluding ortho intramolecular Hbond substituents is 1. The molecule has 0 aromatic heterocycles. The second-order valence-electron chi connectivity index (χ2n) is 3.77. The lowest BCUT2D eigenvalue weighted by atomic mass is 10.1. The third-order valence-corrected chi connectivity index (χ3v) is 2.73. The molecule has 19 heavy (non-hydrogen) atoms. The second-order valence-corrected chi connectivity index (χ2v) is 4.21. The SMILES string of the molecule is N#Cc1ccc(Cl)cc1NC(=O)c1ccccc1O. The van der Waals surface area contributed by atoms with Gasteiger partial charge >= 0.3 is 0 Å². The van der Waals surface area contributed by atoms with Crippen LogP contribution in [0, 0.1) is 11.3 Å². The summed E-state index contributed by atoms with van der Waals surface area (Å²) < 4.78 is 0. The molecule has 2 aromatic rings. The number of nitriles is 1. The maximum Gasteiger partial charge on any atom is 0.259 e. The largest absolute Gasteiger partial charge is 0.507 e. The minimum Gasteiger partial charge on any atom is -0.507 e. The number of carbonyl (C=O) groups excluding carboxylic acids is 1. The molecule has 0 fully saturated rings. The van der Waals surface area contributed by atoms with Gasteiger partial charge in [-0.2, -0.15) is 5.26 Å². The van der Waals surface area contributed by atoms with E-state index in [9.17, 15) is 9.90 Å². The molecule has 0 aliphatic carbocycles. The highest BCUT2D eigenvalue weighted by Gasteiger charge is 2.12. The van der Waals surface area contributed by atoms with Crippen LogP contribution in [0.15, 0.2) is 42.5 Å². The first-order chi connectivity index (χ1) is 9.11. The van der Waals surface area contributed by atoms with Crippen molar-refractivity contribution in [2.75, 3.05) is 5.32 Å². The van der Waals surface area contributed by atoms with E-state index in [4.69, 9.17) is 16.9 Å². The van der Waals surface area contributed by atoms with Gasteiger partial charge in [-0.25, -0.2) is 0 Å². The zero-order valence-electron chi connectivity index (χ0n) is 9.72. The summed E-state index contributed by atoms with van der Waals surface area (Å²) in [6.45, 7) is 0. The first-order valence-corrected chi connectivity index (χ1v) is 5.78. The van der Waals surface area contributed by atoms with Crippen molar-refractivity contribution in [3.05, 3.63) is 58.6 Å². The first kappa shape index (κ1) is 12.9. The van der Waals surface area contributed by atoms with Crippen LogP contribution in [0.3, 0.4) is 0 Å². The van der Waals surface area contributed by atoms with E-state index in [2.05, 4.69) is 5.32 Å². The number of hydrogen-bond acceptors (Lipinski definition) is 3. The Hall–Kier alpha value is -2.51. The van der Waals surface area contributed by atoms with E-state index in [-0.39, 0.29) is 11.3 Å². The number of nitrogens with one attached hydrogen (secondary N) is 1. The highest BCUT2D eigenvalue weighted by Crippen LogP contribution is 2.23. The van der Waals surface area contributed by atoms with Gasteiger partial charge in [-0.1, -0.05) is 23.7 Å². The molecule has 0 heterocycles. The van der Waals surface area contributed by atoms with E-state index < -0.39 is 5.91 Å². The Bertz CT molecular complexity index is 677. The molecule has 4 nitrogen and oxygen atoms in total. The average Bonchev–Trinajstić information content (AvgIpc) is 2.39. The summed E-state index contributed by atoms with van der Waals surface area (Å²) in [4.78, 5) is 12.0. The van der Waals surface area contributed by atoms with Gasteiger partial charge in [0, 0.05) is 5.02 Å². The topological polar surface area (TPSA) is 73.1 Å². The molecule has 0 aliphatic rings. The van der Waals surface area contributed by atoms with E-state index in [1.165, 1.54) is 24.3 Å². The van der Waals surface area contributed by atoms with Crippen LogP contribution in [-0.4, -0.2) is 11.0 Å². The van der Waals surface area contributed by atoms with Crippen molar-refractivity contribution >= 4 is 23.2 Å². The van der Waals surface area contributed by atoms with Gasteiger partial charge in [0.25, 0.3) is 5.91 Å². The van der Waals surface area contributed by atoms with Gasteiger partial charge in [-0.3, -0.25) is 4.79 Å². The highest BCUT2D eigenvalue weighted by atomic mass is 35.5. The summed E-state index contributed by atoms with van der Waals surface area (Å²) in [6, 6.07) is 12.7. The number of phenols is 1. The van der Waals surface area contributed by atoms with Crippen molar-refractivity contribution in [1.82, 2.24) is 0 Å². The predicted molar refractivity (Wildman–Crippen MR) is 72.2 cm³/mol. The van der Waals surface area contributed by atoms with Gasteiger partial charge < -0.3 is 10.4 Å². The van der Waals surface area contributed by atoms with Crippen LogP contribution in [-0.2, 0) is 0 Å². The average molecular weight is 273 g/mol. The molecule has 1 amide bonds. The Morgan fingerprint density at radius 2 is 2.00 bits per heavy atom. The van der Waals surface area contributed by atoms with Crippen LogP contribution in [0.4, 0.5) is 5.69 Å². The second kappa shape index (κ2) is 5.42. The number of nitrogens with zero attached hydrogens (tertiary/aromatic N) is 1. The number of amides is 1. The summed E-state index contributed by atoms with van der Waals surface area (Å²) in [5.74, 6) is -0.627. The highest BCUT2D eigenvalue weighted by molar-refractivity contribution is 6.31. The Labute approximate surface area is 114 Å². The fourth-order valence-corrected chi connectivity index (χ4v) is 1.74. The number of hydrogen-bond donors (Lipinski definition) is 2. The minimum atomic E-state index is -0.503. The van der Waals surface area contributed by atoms with Crippen molar-refractivity contribution in [2.45, 2.75) is 0 Å². The number of anilines is 1. The summed E-state index contributed by atoms with van der Waals surface area (Å²) >= 11 is 5.82. The Morgan fingerprint density at radius 3 is 2.68 bits per heavy atom. The van der Waals surface area contributed by atoms with Gasteiger partial charge in [0.1, 0.15) is 11.8 Å². The quantitative estimate of drug-likeness (QED) is 0.882. The molecule has 2 rings (SSSR count). The van der Waals surface area contributed by atoms with Gasteiger partial charge in [0.15, 0.2) is 0 Å². The molecule has 0 atom stereocenters. The molecule has 0 saturated heterocycles. The van der Waals surface area contributed by atoms with Crippen LogP contribution in [0.5, 0.6) is 5.75 Å². The number of aromatic hydroxyl groups is 1. The van der Waals surface area contributed by atoms with Crippen LogP contribution < -0.4 is 5.32 Å². The van der Waals surface area contributed by atoms with Crippen molar-refractivity contribution < 1.29 is 9.90 Å². The molecule has 2 aromatic carbocycles. The summed E-state index contributed by atoms with van der Waals surface area (Å²) in [7, 11) is 0. The lowest BCUT2D eigenvalue weighted by Gasteiger charge is -2.08. The Balaban J connectivity index is 2.32. The Kier molecular flexibility index (Phi) is 3.69. The van der Waals surface area contributed by atoms with Crippen molar-refractivity contribution in [3.63, 3.8) is 0 Å². The zero-order valence-corrected chi connectivity index (χ0v) is 10.5. The molecule has 5 heteroatoms. The third-order valence-electron chi connectivity index (χ3n) is 2.50. The fourth-order valence-electron chi connectivity index (χ4n) is 1.57. The molecule has 0 radical (unpaired) electrons. The molecule has 0 spiro atoms. The smallest absolute Gasteiger partial charge is 0.259 e. The van der Waals surface area contributed by atoms with Gasteiger partial charge in [0.05, 0.1) is 16.8 Å². The van der Waals surface area contributed by atoms with Crippen molar-refractivity contribution in [3.8, 4) is 11.8 Å². The van der Waals surface area contributed by atoms with Gasteiger partial charge in [-0.05, 0) is 30.3 Å². The normalized spacial score (nSPS) is 9.68. The van der Waals surface area contributed by atoms with E-state index in [0.717, 1.165) is 0 Å². The predicted octanol–water partition coefficient (Wildman–Crippen LogP) is 3.17. The zero-order chi connectivity index (χ0) is 13.8. The molecule has 2 N–H and O–H groups in total. The monoisotopic (exact) mass is 272 g/mol. The Morgan fingerprint density at radius 1 is 1.26 bits per heavy atom. The lowest BCUT2D eigenvalue weighted by molar-refractivity contribution is 0.102. The van der Waals surface area contributed by atoms with Crippen LogP contribution in [0.1, 0.15) is 15.9 Å². The summed E-state index contributed by atoms with van der Waals surface area (Å²) in [6.07, 6.45) is 0. The number of rotatable bonds is 2. The number of benzene rings is 2. The first-order valence-electron chi connectivity index (χ1n) is 5.41. The molecule has 0 bridgehead atoms. The van der Waals surface area contributed by atoms with Gasteiger partial charge in [-0.15, -0.1) is 0 Å². The molecule has 0 unspecified atom stereocenters. The standard InChI is InChI=1S/C14H9ClN2O2/c15-10-6-5-9(8-16)12(7-10)17-14(19)11-3-1-2-4-13(11)18/h1-7,18H,(H,17,19). The van der Waals surface area contributed by atoms with E-state index in [1.807, 2.05) is 6.07 Å². The maximum atomic E-state index is 12.0. The van der Waals surface area contributed by atoms with Crippen molar-refractivity contribution in [2.24, 2.45) is 0 Å². The lowest BCUT2D eigenvalue weighted by Crippen LogP contribution is -2.13. The minimum absolute atomic E-state index is 0.125. The fraction of sp³-hybridized carbons (Fsp3) is 0. The van der Waals surface area contributed by atoms with Crippen LogP contribution >= 0.6 is 11.6 Å². The van der Waals surface area contributed by atoms with Crippen LogP contribution in [0.2, 0.25) is 5.02 Å².